The fourth-order valence-corrected chi connectivity index (χ4v) is 1.96. The van der Waals surface area contributed by atoms with Gasteiger partial charge in [-0.2, -0.15) is 0 Å². The van der Waals surface area contributed by atoms with Gasteiger partial charge in [-0.15, -0.1) is 0 Å². The molecular formula is C13H16N2O4. The van der Waals surface area contributed by atoms with Crippen molar-refractivity contribution in [3.05, 3.63) is 17.8 Å². The Hall–Kier alpha value is -2.37. The number of ether oxygens (including phenoxy) is 3. The number of nitrogens with zero attached hydrogens (tertiary/aromatic N) is 1. The summed E-state index contributed by atoms with van der Waals surface area (Å²) in [5.41, 5.74) is 8.00. The number of benzene rings is 1. The second-order valence-corrected chi connectivity index (χ2v) is 3.92. The van der Waals surface area contributed by atoms with Crippen molar-refractivity contribution in [2.24, 2.45) is 0 Å². The van der Waals surface area contributed by atoms with Gasteiger partial charge in [0, 0.05) is 0 Å². The van der Waals surface area contributed by atoms with Gasteiger partial charge in [0.25, 0.3) is 0 Å². The zero-order chi connectivity index (χ0) is 14.0. The molecule has 0 radical (unpaired) electrons. The zero-order valence-electron chi connectivity index (χ0n) is 11.3. The maximum absolute atomic E-state index is 5.78. The number of methoxy groups -OCH3 is 3. The van der Waals surface area contributed by atoms with Crippen molar-refractivity contribution in [2.75, 3.05) is 27.1 Å². The first-order valence-electron chi connectivity index (χ1n) is 5.64. The van der Waals surface area contributed by atoms with Crippen LogP contribution in [0.4, 0.5) is 5.88 Å². The smallest absolute Gasteiger partial charge is 0.230 e. The van der Waals surface area contributed by atoms with Crippen LogP contribution in [0.15, 0.2) is 16.7 Å². The minimum Gasteiger partial charge on any atom is -0.493 e. The number of aryl methyl sites for hydroxylation is 1. The monoisotopic (exact) mass is 264 g/mol. The first kappa shape index (κ1) is 13.1. The lowest BCUT2D eigenvalue weighted by Crippen LogP contribution is -1.96. The molecule has 1 aromatic carbocycles. The van der Waals surface area contributed by atoms with Crippen molar-refractivity contribution in [3.63, 3.8) is 0 Å². The predicted octanol–water partition coefficient (Wildman–Crippen LogP) is 2.26. The fourth-order valence-electron chi connectivity index (χ4n) is 1.96. The highest BCUT2D eigenvalue weighted by molar-refractivity contribution is 5.78. The van der Waals surface area contributed by atoms with Crippen LogP contribution in [0.3, 0.4) is 0 Å². The Balaban J connectivity index is 2.66. The molecule has 0 aliphatic rings. The van der Waals surface area contributed by atoms with Gasteiger partial charge in [-0.3, -0.25) is 0 Å². The molecule has 0 atom stereocenters. The second kappa shape index (κ2) is 5.09. The fraction of sp³-hybridized carbons (Fsp3) is 0.308. The van der Waals surface area contributed by atoms with Gasteiger partial charge < -0.3 is 24.5 Å². The third-order valence-corrected chi connectivity index (χ3v) is 2.84. The number of anilines is 1. The second-order valence-electron chi connectivity index (χ2n) is 3.92. The van der Waals surface area contributed by atoms with E-state index >= 15 is 0 Å². The van der Waals surface area contributed by atoms with E-state index < -0.39 is 0 Å². The summed E-state index contributed by atoms with van der Waals surface area (Å²) in [4.78, 5) is 0. The Morgan fingerprint density at radius 1 is 1.05 bits per heavy atom. The first-order valence-corrected chi connectivity index (χ1v) is 5.64. The van der Waals surface area contributed by atoms with Crippen LogP contribution < -0.4 is 19.9 Å². The quantitative estimate of drug-likeness (QED) is 0.912. The molecule has 0 aliphatic heterocycles. The van der Waals surface area contributed by atoms with Crippen LogP contribution in [0.25, 0.3) is 11.1 Å². The Morgan fingerprint density at radius 3 is 2.00 bits per heavy atom. The van der Waals surface area contributed by atoms with Crippen molar-refractivity contribution in [1.82, 2.24) is 5.16 Å². The van der Waals surface area contributed by atoms with E-state index in [2.05, 4.69) is 5.16 Å². The number of aromatic nitrogens is 1. The SMILES string of the molecule is COc1cc(-c2c(C)noc2N)cc(OC)c1OC. The molecule has 0 bridgehead atoms. The highest BCUT2D eigenvalue weighted by atomic mass is 16.5. The number of nitrogens with two attached hydrogens (primary N) is 1. The first-order chi connectivity index (χ1) is 9.12. The molecule has 1 heterocycles. The van der Waals surface area contributed by atoms with E-state index in [0.717, 1.165) is 11.1 Å². The van der Waals surface area contributed by atoms with Gasteiger partial charge in [0.2, 0.25) is 11.6 Å². The lowest BCUT2D eigenvalue weighted by Gasteiger charge is -2.13. The van der Waals surface area contributed by atoms with Crippen molar-refractivity contribution >= 4 is 5.88 Å². The summed E-state index contributed by atoms with van der Waals surface area (Å²) in [5, 5.41) is 3.83. The van der Waals surface area contributed by atoms with Gasteiger partial charge in [0.05, 0.1) is 32.6 Å². The summed E-state index contributed by atoms with van der Waals surface area (Å²) in [6.45, 7) is 1.82. The van der Waals surface area contributed by atoms with Crippen LogP contribution in [0.1, 0.15) is 5.69 Å². The van der Waals surface area contributed by atoms with Gasteiger partial charge in [0.1, 0.15) is 0 Å². The average molecular weight is 264 g/mol. The third kappa shape index (κ3) is 2.16. The Bertz CT molecular complexity index is 548. The lowest BCUT2D eigenvalue weighted by atomic mass is 10.0. The number of rotatable bonds is 4. The van der Waals surface area contributed by atoms with Crippen molar-refractivity contribution < 1.29 is 18.7 Å². The molecule has 102 valence electrons. The summed E-state index contributed by atoms with van der Waals surface area (Å²) >= 11 is 0. The topological polar surface area (TPSA) is 79.7 Å². The predicted molar refractivity (Wildman–Crippen MR) is 70.7 cm³/mol. The lowest BCUT2D eigenvalue weighted by molar-refractivity contribution is 0.324. The molecule has 0 saturated heterocycles. The van der Waals surface area contributed by atoms with Gasteiger partial charge in [-0.25, -0.2) is 0 Å². The maximum atomic E-state index is 5.78. The van der Waals surface area contributed by atoms with Crippen molar-refractivity contribution in [3.8, 4) is 28.4 Å². The van der Waals surface area contributed by atoms with Crippen LogP contribution in [-0.4, -0.2) is 26.5 Å². The number of hydrogen-bond donors (Lipinski definition) is 1. The van der Waals surface area contributed by atoms with E-state index in [1.54, 1.807) is 33.5 Å². The highest BCUT2D eigenvalue weighted by Crippen LogP contribution is 2.42. The van der Waals surface area contributed by atoms with Gasteiger partial charge in [-0.05, 0) is 24.6 Å². The molecule has 6 nitrogen and oxygen atoms in total. The molecule has 2 N–H and O–H groups in total. The molecule has 0 spiro atoms. The Kier molecular flexibility index (Phi) is 3.50. The Morgan fingerprint density at radius 2 is 1.63 bits per heavy atom. The highest BCUT2D eigenvalue weighted by Gasteiger charge is 2.18. The summed E-state index contributed by atoms with van der Waals surface area (Å²) in [6.07, 6.45) is 0. The normalized spacial score (nSPS) is 10.3. The zero-order valence-corrected chi connectivity index (χ0v) is 11.3. The van der Waals surface area contributed by atoms with Gasteiger partial charge in [0.15, 0.2) is 11.5 Å². The Labute approximate surface area is 111 Å². The molecule has 0 unspecified atom stereocenters. The van der Waals surface area contributed by atoms with Crippen LogP contribution in [0.2, 0.25) is 0 Å². The molecule has 19 heavy (non-hydrogen) atoms. The van der Waals surface area contributed by atoms with Crippen molar-refractivity contribution in [2.45, 2.75) is 6.92 Å². The molecule has 0 aliphatic carbocycles. The minimum absolute atomic E-state index is 0.256. The molecule has 1 aromatic heterocycles. The summed E-state index contributed by atoms with van der Waals surface area (Å²) in [7, 11) is 4.68. The number of hydrogen-bond acceptors (Lipinski definition) is 6. The summed E-state index contributed by atoms with van der Waals surface area (Å²) in [5.74, 6) is 1.89. The van der Waals surface area contributed by atoms with Gasteiger partial charge in [-0.1, -0.05) is 5.16 Å². The molecule has 2 aromatic rings. The maximum Gasteiger partial charge on any atom is 0.230 e. The van der Waals surface area contributed by atoms with Crippen molar-refractivity contribution in [1.29, 1.82) is 0 Å². The number of nitrogen functional groups attached to an aromatic ring is 1. The molecule has 0 fully saturated rings. The summed E-state index contributed by atoms with van der Waals surface area (Å²) in [6, 6.07) is 3.61. The van der Waals surface area contributed by atoms with Crippen LogP contribution in [0, 0.1) is 6.92 Å². The molecule has 0 saturated carbocycles. The van der Waals surface area contributed by atoms with Gasteiger partial charge >= 0.3 is 0 Å². The molecule has 2 rings (SSSR count). The van der Waals surface area contributed by atoms with E-state index in [9.17, 15) is 0 Å². The van der Waals surface area contributed by atoms with E-state index in [1.807, 2.05) is 6.92 Å². The average Bonchev–Trinajstić information content (AvgIpc) is 2.76. The molecule has 6 heteroatoms. The van der Waals surface area contributed by atoms with Crippen LogP contribution in [-0.2, 0) is 0 Å². The summed E-state index contributed by atoms with van der Waals surface area (Å²) < 4.78 is 20.8. The minimum atomic E-state index is 0.256. The van der Waals surface area contributed by atoms with E-state index in [4.69, 9.17) is 24.5 Å². The van der Waals surface area contributed by atoms with Crippen LogP contribution >= 0.6 is 0 Å². The molecule has 0 amide bonds. The van der Waals surface area contributed by atoms with Crippen LogP contribution in [0.5, 0.6) is 17.2 Å². The van der Waals surface area contributed by atoms with E-state index in [0.29, 0.717) is 22.9 Å². The van der Waals surface area contributed by atoms with E-state index in [-0.39, 0.29) is 5.88 Å². The largest absolute Gasteiger partial charge is 0.493 e. The third-order valence-electron chi connectivity index (χ3n) is 2.84. The van der Waals surface area contributed by atoms with E-state index in [1.165, 1.54) is 0 Å². The molecular weight excluding hydrogens is 248 g/mol. The standard InChI is InChI=1S/C13H16N2O4/c1-7-11(13(14)19-15-7)8-5-9(16-2)12(18-4)10(6-8)17-3/h5-6H,14H2,1-4H3.